The lowest BCUT2D eigenvalue weighted by atomic mass is 10.1. The molecule has 0 atom stereocenters. The molecule has 0 fully saturated rings. The Labute approximate surface area is 233 Å². The monoisotopic (exact) mass is 530 g/mol. The van der Waals surface area contributed by atoms with Crippen LogP contribution in [0.2, 0.25) is 0 Å². The molecule has 2 aromatic rings. The van der Waals surface area contributed by atoms with Crippen molar-refractivity contribution in [2.24, 2.45) is 15.9 Å². The van der Waals surface area contributed by atoms with E-state index in [0.29, 0.717) is 40.8 Å². The van der Waals surface area contributed by atoms with Crippen LogP contribution in [0.25, 0.3) is 0 Å². The number of allylic oxidation sites excluding steroid dienone is 2. The lowest BCUT2D eigenvalue weighted by molar-refractivity contribution is -0.122. The van der Waals surface area contributed by atoms with Gasteiger partial charge < -0.3 is 10.1 Å². The maximum atomic E-state index is 13.8. The molecule has 0 aliphatic rings. The standard InChI is InChI=1S/C32H42N4O3/c1-8-10-17-22-33-29(25(6)34-26(7)35-31(37)23(3)4)30(24(5)9-2)39-32(38)36(27-18-13-11-14-19-27)28-20-15-12-16-21-28/h11-16,18-23H,8-10,17H2,1-7H3,(H,34,35,37)/b29-25+,30-24-,33-22?. The number of anilines is 2. The number of carbonyl (C=O) groups is 2. The number of amidine groups is 1. The van der Waals surface area contributed by atoms with Crippen LogP contribution in [0.5, 0.6) is 0 Å². The third-order valence-electron chi connectivity index (χ3n) is 5.95. The topological polar surface area (TPSA) is 83.4 Å². The lowest BCUT2D eigenvalue weighted by Crippen LogP contribution is -2.32. The number of aliphatic imine (C=N–C) groups is 2. The molecule has 2 amide bonds. The Hall–Kier alpha value is -4.00. The Morgan fingerprint density at radius 2 is 1.51 bits per heavy atom. The molecule has 0 saturated heterocycles. The van der Waals surface area contributed by atoms with Crippen LogP contribution in [0.4, 0.5) is 16.2 Å². The SMILES string of the molecule is CCCCC=NC(/C(OC(=O)N(c1ccccc1)c1ccccc1)=C(\C)CC)=C(\C)N=C(C)NC(=O)C(C)C. The van der Waals surface area contributed by atoms with E-state index in [1.54, 1.807) is 13.8 Å². The molecule has 39 heavy (non-hydrogen) atoms. The molecule has 1 N–H and O–H groups in total. The summed E-state index contributed by atoms with van der Waals surface area (Å²) in [5.74, 6) is 0.510. The average molecular weight is 531 g/mol. The quantitative estimate of drug-likeness (QED) is 0.104. The number of benzene rings is 2. The number of unbranched alkanes of at least 4 members (excludes halogenated alkanes) is 2. The highest BCUT2D eigenvalue weighted by atomic mass is 16.6. The van der Waals surface area contributed by atoms with Gasteiger partial charge in [0.15, 0.2) is 5.76 Å². The molecule has 7 heteroatoms. The third-order valence-corrected chi connectivity index (χ3v) is 5.95. The second-order valence-electron chi connectivity index (χ2n) is 9.57. The van der Waals surface area contributed by atoms with E-state index in [-0.39, 0.29) is 11.8 Å². The molecule has 2 rings (SSSR count). The van der Waals surface area contributed by atoms with Crippen LogP contribution in [-0.2, 0) is 9.53 Å². The molecule has 208 valence electrons. The van der Waals surface area contributed by atoms with E-state index in [9.17, 15) is 9.59 Å². The number of rotatable bonds is 11. The Kier molecular flexibility index (Phi) is 12.9. The Balaban J connectivity index is 2.59. The third kappa shape index (κ3) is 9.67. The van der Waals surface area contributed by atoms with Crippen molar-refractivity contribution in [1.82, 2.24) is 5.32 Å². The predicted octanol–water partition coefficient (Wildman–Crippen LogP) is 8.33. The highest BCUT2D eigenvalue weighted by Crippen LogP contribution is 2.30. The first-order valence-electron chi connectivity index (χ1n) is 13.6. The Morgan fingerprint density at radius 3 is 2.00 bits per heavy atom. The molecule has 0 radical (unpaired) electrons. The van der Waals surface area contributed by atoms with E-state index in [4.69, 9.17) is 9.73 Å². The first-order chi connectivity index (χ1) is 18.7. The molecule has 0 bridgehead atoms. The van der Waals surface area contributed by atoms with Crippen LogP contribution in [0.15, 0.2) is 93.4 Å². The van der Waals surface area contributed by atoms with Crippen LogP contribution in [0.3, 0.4) is 0 Å². The number of carbonyl (C=O) groups excluding carboxylic acids is 2. The maximum Gasteiger partial charge on any atom is 0.424 e. The van der Waals surface area contributed by atoms with E-state index in [1.165, 1.54) is 4.90 Å². The van der Waals surface area contributed by atoms with Gasteiger partial charge >= 0.3 is 6.09 Å². The summed E-state index contributed by atoms with van der Waals surface area (Å²) < 4.78 is 6.15. The van der Waals surface area contributed by atoms with Gasteiger partial charge in [0.25, 0.3) is 0 Å². The molecule has 0 heterocycles. The van der Waals surface area contributed by atoms with Gasteiger partial charge in [-0.2, -0.15) is 0 Å². The molecular formula is C32H42N4O3. The Bertz CT molecular complexity index is 1170. The van der Waals surface area contributed by atoms with Gasteiger partial charge in [-0.3, -0.25) is 9.79 Å². The van der Waals surface area contributed by atoms with Gasteiger partial charge in [0, 0.05) is 12.1 Å². The number of para-hydroxylation sites is 2. The van der Waals surface area contributed by atoms with Gasteiger partial charge in [-0.15, -0.1) is 0 Å². The molecule has 2 aromatic carbocycles. The fourth-order valence-corrected chi connectivity index (χ4v) is 3.57. The maximum absolute atomic E-state index is 13.8. The number of hydrogen-bond acceptors (Lipinski definition) is 5. The number of nitrogens with one attached hydrogen (secondary N) is 1. The molecule has 0 spiro atoms. The molecular weight excluding hydrogens is 488 g/mol. The summed E-state index contributed by atoms with van der Waals surface area (Å²) in [7, 11) is 0. The number of nitrogens with zero attached hydrogens (tertiary/aromatic N) is 3. The van der Waals surface area contributed by atoms with Crippen molar-refractivity contribution in [2.75, 3.05) is 4.90 Å². The summed E-state index contributed by atoms with van der Waals surface area (Å²) in [6, 6.07) is 18.8. The van der Waals surface area contributed by atoms with Crippen molar-refractivity contribution in [3.63, 3.8) is 0 Å². The zero-order valence-corrected chi connectivity index (χ0v) is 24.3. The van der Waals surface area contributed by atoms with Gasteiger partial charge in [-0.25, -0.2) is 14.7 Å². The summed E-state index contributed by atoms with van der Waals surface area (Å²) in [6.45, 7) is 13.2. The predicted molar refractivity (Wildman–Crippen MR) is 161 cm³/mol. The van der Waals surface area contributed by atoms with Crippen molar-refractivity contribution in [1.29, 1.82) is 0 Å². The van der Waals surface area contributed by atoms with E-state index in [0.717, 1.165) is 24.8 Å². The van der Waals surface area contributed by atoms with Gasteiger partial charge in [0.1, 0.15) is 11.5 Å². The first-order valence-corrected chi connectivity index (χ1v) is 13.6. The number of amides is 2. The van der Waals surface area contributed by atoms with Gasteiger partial charge in [-0.05, 0) is 69.9 Å². The zero-order valence-electron chi connectivity index (χ0n) is 24.3. The van der Waals surface area contributed by atoms with Crippen molar-refractivity contribution in [3.8, 4) is 0 Å². The van der Waals surface area contributed by atoms with E-state index < -0.39 is 6.09 Å². The van der Waals surface area contributed by atoms with Gasteiger partial charge in [0.2, 0.25) is 5.91 Å². The Morgan fingerprint density at radius 1 is 0.949 bits per heavy atom. The van der Waals surface area contributed by atoms with Crippen LogP contribution in [0, 0.1) is 5.92 Å². The molecule has 0 aromatic heterocycles. The van der Waals surface area contributed by atoms with Crippen molar-refractivity contribution in [2.45, 2.75) is 74.1 Å². The van der Waals surface area contributed by atoms with Crippen molar-refractivity contribution < 1.29 is 14.3 Å². The van der Waals surface area contributed by atoms with Crippen LogP contribution < -0.4 is 10.2 Å². The number of hydrogen-bond donors (Lipinski definition) is 1. The second kappa shape index (κ2) is 16.1. The molecule has 0 aliphatic carbocycles. The fraction of sp³-hybridized carbons (Fsp3) is 0.375. The smallest absolute Gasteiger partial charge is 0.407 e. The number of ether oxygens (including phenoxy) is 1. The zero-order chi connectivity index (χ0) is 28.8. The largest absolute Gasteiger partial charge is 0.424 e. The van der Waals surface area contributed by atoms with Gasteiger partial charge in [0.05, 0.1) is 17.1 Å². The van der Waals surface area contributed by atoms with Crippen LogP contribution in [0.1, 0.15) is 74.1 Å². The summed E-state index contributed by atoms with van der Waals surface area (Å²) in [5, 5.41) is 2.82. The normalized spacial score (nSPS) is 13.2. The molecule has 0 unspecified atom stereocenters. The van der Waals surface area contributed by atoms with E-state index in [1.807, 2.05) is 94.6 Å². The average Bonchev–Trinajstić information content (AvgIpc) is 2.92. The van der Waals surface area contributed by atoms with E-state index >= 15 is 0 Å². The minimum absolute atomic E-state index is 0.120. The molecule has 0 aliphatic heterocycles. The summed E-state index contributed by atoms with van der Waals surface area (Å²) in [6.07, 6.45) is 4.74. The summed E-state index contributed by atoms with van der Waals surface area (Å²) >= 11 is 0. The fourth-order valence-electron chi connectivity index (χ4n) is 3.57. The van der Waals surface area contributed by atoms with Crippen molar-refractivity contribution in [3.05, 3.63) is 83.4 Å². The van der Waals surface area contributed by atoms with E-state index in [2.05, 4.69) is 17.2 Å². The van der Waals surface area contributed by atoms with Crippen LogP contribution in [-0.4, -0.2) is 24.1 Å². The van der Waals surface area contributed by atoms with Crippen molar-refractivity contribution >= 4 is 35.4 Å². The first kappa shape index (κ1) is 31.2. The summed E-state index contributed by atoms with van der Waals surface area (Å²) in [5.41, 5.74) is 3.21. The highest BCUT2D eigenvalue weighted by molar-refractivity contribution is 5.98. The minimum atomic E-state index is -0.557. The minimum Gasteiger partial charge on any atom is -0.407 e. The molecule has 7 nitrogen and oxygen atoms in total. The van der Waals surface area contributed by atoms with Gasteiger partial charge in [-0.1, -0.05) is 70.5 Å². The summed E-state index contributed by atoms with van der Waals surface area (Å²) in [4.78, 5) is 36.9. The van der Waals surface area contributed by atoms with Crippen LogP contribution >= 0.6 is 0 Å². The highest BCUT2D eigenvalue weighted by Gasteiger charge is 2.24. The second-order valence-corrected chi connectivity index (χ2v) is 9.57. The molecule has 0 saturated carbocycles. The lowest BCUT2D eigenvalue weighted by Gasteiger charge is -2.24.